The number of hydrogen-bond donors (Lipinski definition) is 2. The van der Waals surface area contributed by atoms with Crippen LogP contribution in [0.5, 0.6) is 0 Å². The van der Waals surface area contributed by atoms with Crippen LogP contribution in [0.3, 0.4) is 0 Å². The van der Waals surface area contributed by atoms with Gasteiger partial charge in [-0.3, -0.25) is 14.4 Å². The lowest BCUT2D eigenvalue weighted by atomic mass is 9.89. The Hall–Kier alpha value is -5.19. The van der Waals surface area contributed by atoms with Crippen LogP contribution in [0.4, 0.5) is 4.39 Å². The molecule has 2 aliphatic carbocycles. The third-order valence-corrected chi connectivity index (χ3v) is 8.23. The number of amides is 2. The highest BCUT2D eigenvalue weighted by Crippen LogP contribution is 2.35. The molecule has 0 fully saturated rings. The maximum atomic E-state index is 14.6. The minimum atomic E-state index is -0.772. The van der Waals surface area contributed by atoms with Crippen molar-refractivity contribution in [2.24, 2.45) is 0 Å². The Bertz CT molecular complexity index is 1860. The molecule has 0 aliphatic heterocycles. The topological polar surface area (TPSA) is 132 Å². The number of nitrogens with one attached hydrogen (secondary N) is 2. The monoisotopic (exact) mass is 595 g/mol. The summed E-state index contributed by atoms with van der Waals surface area (Å²) < 4.78 is 20.9. The molecular weight excluding hydrogens is 565 g/mol. The fourth-order valence-corrected chi connectivity index (χ4v) is 5.96. The van der Waals surface area contributed by atoms with Gasteiger partial charge in [-0.2, -0.15) is 5.10 Å². The molecular formula is C33H30FN5O5. The van der Waals surface area contributed by atoms with Gasteiger partial charge in [-0.1, -0.05) is 36.9 Å². The summed E-state index contributed by atoms with van der Waals surface area (Å²) in [5, 5.41) is 9.73. The zero-order valence-electron chi connectivity index (χ0n) is 24.1. The van der Waals surface area contributed by atoms with Crippen molar-refractivity contribution in [3.8, 4) is 0 Å². The number of ketones is 1. The summed E-state index contributed by atoms with van der Waals surface area (Å²) in [6.07, 6.45) is 5.31. The third kappa shape index (κ3) is 5.48. The smallest absolute Gasteiger partial charge is 0.338 e. The number of hydrogen-bond acceptors (Lipinski definition) is 7. The number of carbonyl (C=O) groups excluding carboxylic acids is 4. The average molecular weight is 596 g/mol. The SMILES string of the molecule is C=CCOC(=O)c1ccc2c(c1C)CC[C@@H]2NC(=O)c1cc(C(=O)NCc2ccc3c(c2)CC(=O)CC3)nc2c(F)cnn12. The minimum absolute atomic E-state index is 0.0499. The van der Waals surface area contributed by atoms with Crippen LogP contribution in [-0.2, 0) is 35.3 Å². The summed E-state index contributed by atoms with van der Waals surface area (Å²) in [7, 11) is 0. The Balaban J connectivity index is 1.21. The van der Waals surface area contributed by atoms with Gasteiger partial charge < -0.3 is 15.4 Å². The van der Waals surface area contributed by atoms with Crippen LogP contribution in [0.25, 0.3) is 5.65 Å². The minimum Gasteiger partial charge on any atom is -0.458 e. The zero-order chi connectivity index (χ0) is 31.0. The van der Waals surface area contributed by atoms with E-state index in [1.807, 2.05) is 25.1 Å². The highest BCUT2D eigenvalue weighted by Gasteiger charge is 2.29. The number of rotatable bonds is 8. The first-order chi connectivity index (χ1) is 21.2. The van der Waals surface area contributed by atoms with E-state index in [9.17, 15) is 23.6 Å². The number of fused-ring (bicyclic) bond motifs is 3. The van der Waals surface area contributed by atoms with E-state index in [-0.39, 0.29) is 42.0 Å². The summed E-state index contributed by atoms with van der Waals surface area (Å²) in [4.78, 5) is 55.2. The van der Waals surface area contributed by atoms with Crippen molar-refractivity contribution in [1.82, 2.24) is 25.2 Å². The van der Waals surface area contributed by atoms with Crippen LogP contribution in [0.1, 0.15) is 83.6 Å². The van der Waals surface area contributed by atoms with Crippen LogP contribution in [-0.4, -0.2) is 44.8 Å². The van der Waals surface area contributed by atoms with Crippen molar-refractivity contribution >= 4 is 29.2 Å². The molecule has 2 N–H and O–H groups in total. The maximum Gasteiger partial charge on any atom is 0.338 e. The summed E-state index contributed by atoms with van der Waals surface area (Å²) in [6, 6.07) is 10.2. The van der Waals surface area contributed by atoms with E-state index in [0.717, 1.165) is 44.1 Å². The van der Waals surface area contributed by atoms with Crippen molar-refractivity contribution in [3.63, 3.8) is 0 Å². The van der Waals surface area contributed by atoms with E-state index in [4.69, 9.17) is 4.74 Å². The Morgan fingerprint density at radius 3 is 2.77 bits per heavy atom. The molecule has 2 aromatic heterocycles. The molecule has 2 aromatic carbocycles. The zero-order valence-corrected chi connectivity index (χ0v) is 24.1. The van der Waals surface area contributed by atoms with Gasteiger partial charge in [-0.25, -0.2) is 18.7 Å². The molecule has 2 heterocycles. The molecule has 0 spiro atoms. The van der Waals surface area contributed by atoms with Crippen molar-refractivity contribution in [3.05, 3.63) is 111 Å². The Labute approximate surface area is 252 Å². The van der Waals surface area contributed by atoms with Gasteiger partial charge in [0.25, 0.3) is 11.8 Å². The molecule has 44 heavy (non-hydrogen) atoms. The molecule has 10 nitrogen and oxygen atoms in total. The number of ether oxygens (including phenoxy) is 1. The molecule has 224 valence electrons. The normalized spacial score (nSPS) is 15.4. The molecule has 0 radical (unpaired) electrons. The van der Waals surface area contributed by atoms with Crippen LogP contribution in [0.2, 0.25) is 0 Å². The van der Waals surface area contributed by atoms with Crippen molar-refractivity contribution in [2.45, 2.75) is 51.6 Å². The highest BCUT2D eigenvalue weighted by atomic mass is 19.1. The fourth-order valence-electron chi connectivity index (χ4n) is 5.96. The van der Waals surface area contributed by atoms with E-state index in [2.05, 4.69) is 27.3 Å². The first-order valence-electron chi connectivity index (χ1n) is 14.4. The van der Waals surface area contributed by atoms with Gasteiger partial charge in [0.2, 0.25) is 0 Å². The molecule has 2 aliphatic rings. The predicted octanol–water partition coefficient (Wildman–Crippen LogP) is 3.92. The van der Waals surface area contributed by atoms with E-state index in [0.29, 0.717) is 37.7 Å². The number of Topliss-reactive ketones (excluding diaryl/α,β-unsaturated/α-hetero) is 1. The largest absolute Gasteiger partial charge is 0.458 e. The van der Waals surface area contributed by atoms with Crippen LogP contribution < -0.4 is 10.6 Å². The molecule has 0 saturated heterocycles. The van der Waals surface area contributed by atoms with Gasteiger partial charge in [-0.05, 0) is 65.6 Å². The van der Waals surface area contributed by atoms with Crippen LogP contribution in [0, 0.1) is 12.7 Å². The van der Waals surface area contributed by atoms with Crippen molar-refractivity contribution in [1.29, 1.82) is 0 Å². The molecule has 1 atom stereocenters. The van der Waals surface area contributed by atoms with Crippen LogP contribution in [0.15, 0.2) is 55.3 Å². The molecule has 0 bridgehead atoms. The van der Waals surface area contributed by atoms with E-state index < -0.39 is 23.6 Å². The predicted molar refractivity (Wildman–Crippen MR) is 158 cm³/mol. The lowest BCUT2D eigenvalue weighted by molar-refractivity contribution is -0.118. The van der Waals surface area contributed by atoms with E-state index >= 15 is 0 Å². The average Bonchev–Trinajstić information content (AvgIpc) is 3.61. The number of esters is 1. The Morgan fingerprint density at radius 1 is 1.11 bits per heavy atom. The second-order valence-electron chi connectivity index (χ2n) is 11.0. The van der Waals surface area contributed by atoms with Gasteiger partial charge in [0, 0.05) is 25.5 Å². The summed E-state index contributed by atoms with van der Waals surface area (Å²) in [6.45, 7) is 5.68. The number of carbonyl (C=O) groups is 4. The molecule has 4 aromatic rings. The quantitative estimate of drug-likeness (QED) is 0.233. The number of benzene rings is 2. The second kappa shape index (κ2) is 11.8. The fraction of sp³-hybridized carbons (Fsp3) is 0.273. The summed E-state index contributed by atoms with van der Waals surface area (Å²) in [5.41, 5.74) is 5.54. The van der Waals surface area contributed by atoms with Crippen molar-refractivity contribution in [2.75, 3.05) is 6.61 Å². The van der Waals surface area contributed by atoms with E-state index in [1.54, 1.807) is 12.1 Å². The van der Waals surface area contributed by atoms with Gasteiger partial charge in [0.1, 0.15) is 23.8 Å². The summed E-state index contributed by atoms with van der Waals surface area (Å²) >= 11 is 0. The molecule has 0 unspecified atom stereocenters. The molecule has 2 amide bonds. The van der Waals surface area contributed by atoms with Gasteiger partial charge in [0.05, 0.1) is 17.8 Å². The van der Waals surface area contributed by atoms with Gasteiger partial charge in [-0.15, -0.1) is 0 Å². The lowest BCUT2D eigenvalue weighted by Crippen LogP contribution is -2.31. The summed E-state index contributed by atoms with van der Waals surface area (Å²) in [5.74, 6) is -2.17. The van der Waals surface area contributed by atoms with Gasteiger partial charge in [0.15, 0.2) is 11.5 Å². The maximum absolute atomic E-state index is 14.6. The van der Waals surface area contributed by atoms with Crippen molar-refractivity contribution < 1.29 is 28.3 Å². The lowest BCUT2D eigenvalue weighted by Gasteiger charge is -2.17. The van der Waals surface area contributed by atoms with E-state index in [1.165, 1.54) is 12.1 Å². The molecule has 11 heteroatoms. The number of aromatic nitrogens is 3. The molecule has 6 rings (SSSR count). The third-order valence-electron chi connectivity index (χ3n) is 8.23. The standard InChI is InChI=1S/C33H30FN5O5/c1-3-12-44-33(43)24-8-9-25-23(18(24)2)10-11-27(25)38-32(42)29-15-28(37-30-26(34)17-36-39(29)30)31(41)35-16-19-4-5-20-6-7-22(40)14-21(20)13-19/h3-5,8-9,13,15,17,27H,1,6-7,10-12,14,16H2,2H3,(H,35,41)(H,38,42)/t27-/m0/s1. The first kappa shape index (κ1) is 28.9. The van der Waals surface area contributed by atoms with Crippen LogP contribution >= 0.6 is 0 Å². The molecule has 0 saturated carbocycles. The Kier molecular flexibility index (Phi) is 7.77. The first-order valence-corrected chi connectivity index (χ1v) is 14.4. The highest BCUT2D eigenvalue weighted by molar-refractivity contribution is 5.98. The number of aryl methyl sites for hydroxylation is 1. The number of halogens is 1. The Morgan fingerprint density at radius 2 is 1.95 bits per heavy atom. The number of nitrogens with zero attached hydrogens (tertiary/aromatic N) is 3. The second-order valence-corrected chi connectivity index (χ2v) is 11.0. The van der Waals surface area contributed by atoms with Gasteiger partial charge >= 0.3 is 5.97 Å².